The molecule has 4 aromatic rings. The molecule has 3 aliphatic rings. The zero-order valence-electron chi connectivity index (χ0n) is 41.0. The number of aryl methyl sites for hydroxylation is 1. The third-order valence-electron chi connectivity index (χ3n) is 14.0. The SMILES string of the molecule is C=CC(=O)N1C[C@@H](C(=O)N(C)[C@H](C(=O)N[C@H]2Cc3cccc(c3)-c3ccc4c(c3)c(c(-c3cccnc3[C@H](C)OC)n4CC)CC(C)(C)COC(=O)[C@@H]3CCCN(N3)C2=O)C(C)C)C(C)(C)C1. The maximum absolute atomic E-state index is 14.8. The van der Waals surface area contributed by atoms with E-state index >= 15 is 0 Å². The molecule has 2 aromatic carbocycles. The fourth-order valence-electron chi connectivity index (χ4n) is 10.4. The minimum Gasteiger partial charge on any atom is -0.464 e. The summed E-state index contributed by atoms with van der Waals surface area (Å²) < 4.78 is 14.3. The highest BCUT2D eigenvalue weighted by atomic mass is 16.5. The lowest BCUT2D eigenvalue weighted by Gasteiger charge is -2.37. The van der Waals surface area contributed by atoms with Gasteiger partial charge in [-0.2, -0.15) is 0 Å². The van der Waals surface area contributed by atoms with Gasteiger partial charge >= 0.3 is 5.97 Å². The topological polar surface area (TPSA) is 155 Å². The Balaban J connectivity index is 1.29. The second-order valence-corrected chi connectivity index (χ2v) is 20.4. The van der Waals surface area contributed by atoms with Crippen molar-refractivity contribution < 1.29 is 33.4 Å². The molecule has 14 heteroatoms. The van der Waals surface area contributed by atoms with Gasteiger partial charge in [-0.05, 0) is 97.0 Å². The zero-order chi connectivity index (χ0) is 48.5. The molecule has 4 amide bonds. The second-order valence-electron chi connectivity index (χ2n) is 20.4. The third kappa shape index (κ3) is 10.1. The van der Waals surface area contributed by atoms with Crippen molar-refractivity contribution in [3.8, 4) is 22.4 Å². The molecule has 0 radical (unpaired) electrons. The van der Waals surface area contributed by atoms with Gasteiger partial charge in [0, 0.05) is 74.8 Å². The number of nitrogens with zero attached hydrogens (tertiary/aromatic N) is 5. The van der Waals surface area contributed by atoms with Crippen molar-refractivity contribution in [2.75, 3.05) is 40.4 Å². The molecule has 0 aliphatic carbocycles. The first kappa shape index (κ1) is 49.1. The number of cyclic esters (lactones) is 1. The molecule has 5 atom stereocenters. The smallest absolute Gasteiger partial charge is 0.324 e. The maximum atomic E-state index is 14.8. The summed E-state index contributed by atoms with van der Waals surface area (Å²) in [7, 11) is 3.31. The summed E-state index contributed by atoms with van der Waals surface area (Å²) in [6.45, 7) is 21.4. The molecule has 3 aliphatic heterocycles. The molecular weight excluding hydrogens is 847 g/mol. The molecule has 14 nitrogen and oxygen atoms in total. The molecule has 2 fully saturated rings. The minimum atomic E-state index is -1.06. The Morgan fingerprint density at radius 2 is 1.81 bits per heavy atom. The van der Waals surface area contributed by atoms with Gasteiger partial charge in [0.1, 0.15) is 18.1 Å². The first-order valence-corrected chi connectivity index (χ1v) is 23.7. The lowest BCUT2D eigenvalue weighted by molar-refractivity contribution is -0.155. The fourth-order valence-corrected chi connectivity index (χ4v) is 10.4. The van der Waals surface area contributed by atoms with Crippen LogP contribution in [-0.4, -0.2) is 112 Å². The number of amides is 4. The lowest BCUT2D eigenvalue weighted by atomic mass is 9.80. The Hall–Kier alpha value is -5.86. The van der Waals surface area contributed by atoms with Gasteiger partial charge in [0.15, 0.2) is 0 Å². The van der Waals surface area contributed by atoms with Crippen LogP contribution in [0.25, 0.3) is 33.3 Å². The molecule has 0 spiro atoms. The van der Waals surface area contributed by atoms with E-state index < -0.39 is 52.7 Å². The molecule has 67 heavy (non-hydrogen) atoms. The van der Waals surface area contributed by atoms with E-state index in [2.05, 4.69) is 79.1 Å². The molecule has 7 rings (SSSR count). The van der Waals surface area contributed by atoms with E-state index in [1.54, 1.807) is 25.3 Å². The Bertz CT molecular complexity index is 2540. The van der Waals surface area contributed by atoms with Crippen LogP contribution in [-0.2, 0) is 52.8 Å². The molecular formula is C53H69N7O7. The van der Waals surface area contributed by atoms with Gasteiger partial charge in [-0.25, -0.2) is 5.43 Å². The Kier molecular flexibility index (Phi) is 14.5. The van der Waals surface area contributed by atoms with Gasteiger partial charge in [0.05, 0.1) is 30.0 Å². The molecule has 0 unspecified atom stereocenters. The van der Waals surface area contributed by atoms with Gasteiger partial charge in [-0.1, -0.05) is 78.5 Å². The van der Waals surface area contributed by atoms with Crippen molar-refractivity contribution in [3.63, 3.8) is 0 Å². The number of carbonyl (C=O) groups excluding carboxylic acids is 5. The fraction of sp³-hybridized carbons (Fsp3) is 0.509. The number of carbonyl (C=O) groups is 5. The standard InChI is InChI=1S/C53H69N7O7/c1-12-44(61)58-29-40(53(8,9)30-58)49(63)57(10)46(32(3)4)48(62)55-42-26-34-17-14-18-35(25-34)36-21-22-43-38(27-36)39(47(59(43)13-2)37-19-15-23-54-45(37)33(5)66-11)28-52(6,7)31-67-51(65)41-20-16-24-60(56-41)50(42)64/h12,14-15,17-19,21-23,25,27,32-33,40-42,46,56H,1,13,16,20,24,26,28-31H2,2-11H3,(H,55,62)/t33-,40-,41-,42-,46-/m0/s1. The van der Waals surface area contributed by atoms with Crippen LogP contribution >= 0.6 is 0 Å². The van der Waals surface area contributed by atoms with E-state index in [4.69, 9.17) is 14.5 Å². The Morgan fingerprint density at radius 1 is 1.06 bits per heavy atom. The van der Waals surface area contributed by atoms with E-state index in [9.17, 15) is 24.0 Å². The quantitative estimate of drug-likeness (QED) is 0.128. The normalized spacial score (nSPS) is 21.6. The number of hydrogen-bond acceptors (Lipinski definition) is 9. The minimum absolute atomic E-state index is 0.133. The number of benzene rings is 2. The van der Waals surface area contributed by atoms with Crippen LogP contribution in [0.5, 0.6) is 0 Å². The average Bonchev–Trinajstić information content (AvgIpc) is 3.80. The number of likely N-dealkylation sites (N-methyl/N-ethyl adjacent to an activating group) is 1. The maximum Gasteiger partial charge on any atom is 0.324 e. The van der Waals surface area contributed by atoms with Crippen molar-refractivity contribution in [2.45, 2.75) is 112 Å². The van der Waals surface area contributed by atoms with Gasteiger partial charge in [-0.3, -0.25) is 34.0 Å². The molecule has 2 N–H and O–H groups in total. The van der Waals surface area contributed by atoms with Crippen molar-refractivity contribution in [1.29, 1.82) is 0 Å². The van der Waals surface area contributed by atoms with Gasteiger partial charge in [0.25, 0.3) is 5.91 Å². The van der Waals surface area contributed by atoms with Crippen molar-refractivity contribution >= 4 is 40.5 Å². The summed E-state index contributed by atoms with van der Waals surface area (Å²) in [5.74, 6) is -2.70. The van der Waals surface area contributed by atoms with Crippen LogP contribution in [0.15, 0.2) is 73.4 Å². The molecule has 2 aromatic heterocycles. The van der Waals surface area contributed by atoms with Crippen LogP contribution in [0.3, 0.4) is 0 Å². The number of hydrogen-bond donors (Lipinski definition) is 2. The van der Waals surface area contributed by atoms with Crippen LogP contribution in [0, 0.1) is 22.7 Å². The third-order valence-corrected chi connectivity index (χ3v) is 14.0. The number of esters is 1. The zero-order valence-corrected chi connectivity index (χ0v) is 41.0. The van der Waals surface area contributed by atoms with Gasteiger partial charge < -0.3 is 29.2 Å². The van der Waals surface area contributed by atoms with Crippen LogP contribution in [0.4, 0.5) is 0 Å². The second kappa shape index (κ2) is 19.8. The predicted octanol–water partition coefficient (Wildman–Crippen LogP) is 6.90. The predicted molar refractivity (Wildman–Crippen MR) is 259 cm³/mol. The highest BCUT2D eigenvalue weighted by Gasteiger charge is 2.48. The monoisotopic (exact) mass is 916 g/mol. The summed E-state index contributed by atoms with van der Waals surface area (Å²) >= 11 is 0. The Labute approximate surface area is 395 Å². The lowest BCUT2D eigenvalue weighted by Crippen LogP contribution is -2.62. The van der Waals surface area contributed by atoms with Crippen molar-refractivity contribution in [2.24, 2.45) is 22.7 Å². The van der Waals surface area contributed by atoms with Gasteiger partial charge in [-0.15, -0.1) is 0 Å². The number of likely N-dealkylation sites (tertiary alicyclic amines) is 1. The average molecular weight is 916 g/mol. The van der Waals surface area contributed by atoms with Crippen LogP contribution in [0.1, 0.15) is 91.2 Å². The summed E-state index contributed by atoms with van der Waals surface area (Å²) in [6, 6.07) is 15.8. The molecule has 358 valence electrons. The number of aromatic nitrogens is 2. The van der Waals surface area contributed by atoms with Crippen molar-refractivity contribution in [3.05, 3.63) is 90.3 Å². The number of rotatable bonds is 10. The first-order valence-electron chi connectivity index (χ1n) is 23.7. The summed E-state index contributed by atoms with van der Waals surface area (Å²) in [5.41, 5.74) is 9.91. The highest BCUT2D eigenvalue weighted by molar-refractivity contribution is 5.96. The van der Waals surface area contributed by atoms with E-state index in [0.29, 0.717) is 38.9 Å². The van der Waals surface area contributed by atoms with E-state index in [0.717, 1.165) is 50.1 Å². The molecule has 2 saturated heterocycles. The largest absolute Gasteiger partial charge is 0.464 e. The van der Waals surface area contributed by atoms with E-state index in [1.165, 1.54) is 16.0 Å². The number of nitrogens with one attached hydrogen (secondary N) is 2. The highest BCUT2D eigenvalue weighted by Crippen LogP contribution is 2.42. The van der Waals surface area contributed by atoms with E-state index in [-0.39, 0.29) is 43.4 Å². The van der Waals surface area contributed by atoms with Gasteiger partial charge in [0.2, 0.25) is 17.7 Å². The number of pyridine rings is 1. The van der Waals surface area contributed by atoms with Crippen molar-refractivity contribution in [1.82, 2.24) is 35.1 Å². The summed E-state index contributed by atoms with van der Waals surface area (Å²) in [5, 5.41) is 5.59. The van der Waals surface area contributed by atoms with Crippen LogP contribution < -0.4 is 10.7 Å². The summed E-state index contributed by atoms with van der Waals surface area (Å²) in [6.07, 6.45) is 4.53. The van der Waals surface area contributed by atoms with Crippen LogP contribution in [0.2, 0.25) is 0 Å². The molecule has 0 saturated carbocycles. The molecule has 5 heterocycles. The number of hydrazine groups is 1. The Morgan fingerprint density at radius 3 is 2.51 bits per heavy atom. The number of fused-ring (bicyclic) bond motifs is 6. The van der Waals surface area contributed by atoms with E-state index in [1.807, 2.05) is 52.8 Å². The first-order chi connectivity index (χ1) is 31.8. The number of methoxy groups -OCH3 is 1. The molecule has 6 bridgehead atoms. The number of ether oxygens (including phenoxy) is 2. The summed E-state index contributed by atoms with van der Waals surface area (Å²) in [4.78, 5) is 78.2.